The van der Waals surface area contributed by atoms with Crippen LogP contribution in [0.15, 0.2) is 60.4 Å². The Bertz CT molecular complexity index is 1060. The van der Waals surface area contributed by atoms with E-state index in [2.05, 4.69) is 35.3 Å². The lowest BCUT2D eigenvalue weighted by atomic mass is 10.2. The summed E-state index contributed by atoms with van der Waals surface area (Å²) in [7, 11) is 1.88. The number of hydrogen-bond acceptors (Lipinski definition) is 3. The van der Waals surface area contributed by atoms with E-state index in [0.717, 1.165) is 43.8 Å². The second-order valence-corrected chi connectivity index (χ2v) is 7.76. The van der Waals surface area contributed by atoms with Gasteiger partial charge in [-0.15, -0.1) is 0 Å². The molecule has 0 radical (unpaired) electrons. The molecule has 0 aliphatic carbocycles. The zero-order valence-corrected chi connectivity index (χ0v) is 16.7. The number of nitrogens with one attached hydrogen (secondary N) is 2. The van der Waals surface area contributed by atoms with Gasteiger partial charge >= 0.3 is 0 Å². The van der Waals surface area contributed by atoms with E-state index in [1.165, 1.54) is 10.5 Å². The molecule has 3 aromatic rings. The first-order chi connectivity index (χ1) is 14.2. The molecule has 1 aromatic heterocycles. The summed E-state index contributed by atoms with van der Waals surface area (Å²) in [6.07, 6.45) is 0. The number of aromatic nitrogens is 2. The van der Waals surface area contributed by atoms with E-state index in [4.69, 9.17) is 0 Å². The van der Waals surface area contributed by atoms with Crippen molar-refractivity contribution in [2.45, 2.75) is 6.54 Å². The van der Waals surface area contributed by atoms with Crippen LogP contribution in [0.2, 0.25) is 0 Å². The summed E-state index contributed by atoms with van der Waals surface area (Å²) in [5.74, 6) is 0.659. The first-order valence-corrected chi connectivity index (χ1v) is 10.1. The van der Waals surface area contributed by atoms with Gasteiger partial charge in [0, 0.05) is 12.6 Å². The third kappa shape index (κ3) is 4.16. The zero-order chi connectivity index (χ0) is 20.2. The molecule has 0 bridgehead atoms. The molecule has 0 saturated carbocycles. The number of nitrogens with zero attached hydrogens (tertiary/aromatic N) is 3. The Balaban J connectivity index is 1.43. The third-order valence-corrected chi connectivity index (χ3v) is 5.79. The van der Waals surface area contributed by atoms with Gasteiger partial charge in [0.1, 0.15) is 50.9 Å². The predicted molar refractivity (Wildman–Crippen MR) is 112 cm³/mol. The molecule has 2 heterocycles. The summed E-state index contributed by atoms with van der Waals surface area (Å²) < 4.78 is 1.88. The van der Waals surface area contributed by atoms with Crippen molar-refractivity contribution < 1.29 is 14.9 Å². The molecular formula is C23H27N5O+2. The Morgan fingerprint density at radius 3 is 2.38 bits per heavy atom. The number of nitriles is 1. The fraction of sp³-hybridized carbons (Fsp3) is 0.304. The van der Waals surface area contributed by atoms with Crippen molar-refractivity contribution in [2.24, 2.45) is 7.05 Å². The fourth-order valence-electron chi connectivity index (χ4n) is 4.13. The van der Waals surface area contributed by atoms with Crippen LogP contribution in [-0.4, -0.2) is 47.4 Å². The van der Waals surface area contributed by atoms with Crippen molar-refractivity contribution in [1.82, 2.24) is 9.55 Å². The van der Waals surface area contributed by atoms with Gasteiger partial charge in [0.05, 0.1) is 11.0 Å². The summed E-state index contributed by atoms with van der Waals surface area (Å²) in [6, 6.07) is 20.5. The summed E-state index contributed by atoms with van der Waals surface area (Å²) in [6.45, 7) is 5.59. The molecule has 1 saturated heterocycles. The van der Waals surface area contributed by atoms with Crippen LogP contribution in [0.25, 0.3) is 16.6 Å². The van der Waals surface area contributed by atoms with E-state index in [0.29, 0.717) is 12.4 Å². The Kier molecular flexibility index (Phi) is 5.61. The smallest absolute Gasteiger partial charge is 0.169 e. The number of aliphatic hydroxyl groups is 1. The molecule has 3 N–H and O–H groups in total. The highest BCUT2D eigenvalue weighted by Gasteiger charge is 2.26. The van der Waals surface area contributed by atoms with E-state index >= 15 is 0 Å². The Hall–Kier alpha value is -3.14. The average molecular weight is 390 g/mol. The van der Waals surface area contributed by atoms with Gasteiger partial charge in [-0.3, -0.25) is 0 Å². The number of imidazole rings is 1. The van der Waals surface area contributed by atoms with Gasteiger partial charge in [0.25, 0.3) is 0 Å². The molecule has 2 aromatic carbocycles. The molecule has 0 spiro atoms. The number of rotatable bonds is 5. The minimum absolute atomic E-state index is 0.132. The van der Waals surface area contributed by atoms with Crippen LogP contribution in [0.1, 0.15) is 11.4 Å². The summed E-state index contributed by atoms with van der Waals surface area (Å²) >= 11 is 0. The lowest BCUT2D eigenvalue weighted by Crippen LogP contribution is -3.27. The Morgan fingerprint density at radius 1 is 1.03 bits per heavy atom. The number of quaternary nitrogens is 2. The number of para-hydroxylation sites is 2. The van der Waals surface area contributed by atoms with Crippen molar-refractivity contribution in [3.63, 3.8) is 0 Å². The van der Waals surface area contributed by atoms with Crippen LogP contribution in [0.3, 0.4) is 0 Å². The minimum atomic E-state index is 0.132. The van der Waals surface area contributed by atoms with Gasteiger partial charge in [0.2, 0.25) is 0 Å². The number of piperazine rings is 1. The molecule has 29 heavy (non-hydrogen) atoms. The van der Waals surface area contributed by atoms with E-state index in [9.17, 15) is 10.4 Å². The van der Waals surface area contributed by atoms with Gasteiger partial charge in [-0.25, -0.2) is 4.98 Å². The molecule has 4 rings (SSSR count). The largest absolute Gasteiger partial charge is 0.506 e. The second kappa shape index (κ2) is 8.48. The minimum Gasteiger partial charge on any atom is -0.506 e. The van der Waals surface area contributed by atoms with Crippen molar-refractivity contribution in [3.05, 3.63) is 71.7 Å². The maximum atomic E-state index is 10.7. The van der Waals surface area contributed by atoms with E-state index in [1.54, 1.807) is 4.90 Å². The second-order valence-electron chi connectivity index (χ2n) is 7.76. The quantitative estimate of drug-likeness (QED) is 0.436. The first-order valence-electron chi connectivity index (χ1n) is 10.1. The van der Waals surface area contributed by atoms with E-state index in [1.807, 2.05) is 41.9 Å². The molecule has 6 heteroatoms. The summed E-state index contributed by atoms with van der Waals surface area (Å²) in [5, 5.41) is 20.4. The zero-order valence-electron chi connectivity index (χ0n) is 16.7. The predicted octanol–water partition coefficient (Wildman–Crippen LogP) is 0.350. The third-order valence-electron chi connectivity index (χ3n) is 5.79. The van der Waals surface area contributed by atoms with Crippen LogP contribution in [0, 0.1) is 11.3 Å². The number of aryl methyl sites for hydroxylation is 1. The maximum Gasteiger partial charge on any atom is 0.169 e. The van der Waals surface area contributed by atoms with Gasteiger partial charge < -0.3 is 19.5 Å². The van der Waals surface area contributed by atoms with Crippen LogP contribution in [-0.2, 0) is 13.6 Å². The molecule has 148 valence electrons. The lowest BCUT2D eigenvalue weighted by Gasteiger charge is -2.29. The molecule has 0 atom stereocenters. The summed E-state index contributed by atoms with van der Waals surface area (Å²) in [4.78, 5) is 7.45. The van der Waals surface area contributed by atoms with Gasteiger partial charge in [-0.1, -0.05) is 42.5 Å². The molecule has 1 aliphatic heterocycles. The molecule has 6 nitrogen and oxygen atoms in total. The molecular weight excluding hydrogens is 362 g/mol. The van der Waals surface area contributed by atoms with E-state index < -0.39 is 0 Å². The molecule has 1 fully saturated rings. The van der Waals surface area contributed by atoms with E-state index in [-0.39, 0.29) is 11.3 Å². The number of fused-ring (bicyclic) bond motifs is 1. The van der Waals surface area contributed by atoms with Gasteiger partial charge in [-0.05, 0) is 12.1 Å². The Labute approximate surface area is 170 Å². The number of benzene rings is 2. The highest BCUT2D eigenvalue weighted by molar-refractivity contribution is 5.83. The van der Waals surface area contributed by atoms with Crippen LogP contribution < -0.4 is 9.80 Å². The first kappa shape index (κ1) is 19.2. The summed E-state index contributed by atoms with van der Waals surface area (Å²) in [5.41, 5.74) is 3.42. The SMILES string of the molecule is Cn1c(C(C#N)=C(O)C[NH+]2CC[NH+](Cc3ccccc3)CC2)nc2ccccc21. The van der Waals surface area contributed by atoms with Gasteiger partial charge in [0.15, 0.2) is 11.6 Å². The monoisotopic (exact) mass is 389 g/mol. The molecule has 0 unspecified atom stereocenters. The molecule has 1 aliphatic rings. The van der Waals surface area contributed by atoms with Crippen molar-refractivity contribution >= 4 is 16.6 Å². The standard InChI is InChI=1S/C23H25N5O/c1-26-21-10-6-5-9-20(21)25-23(26)19(15-24)22(29)17-28-13-11-27(12-14-28)16-18-7-3-2-4-8-18/h2-10,29H,11-14,16-17H2,1H3/p+2. The maximum absolute atomic E-state index is 10.7. The average Bonchev–Trinajstić information content (AvgIpc) is 3.07. The van der Waals surface area contributed by atoms with Crippen LogP contribution in [0.4, 0.5) is 0 Å². The number of aliphatic hydroxyl groups excluding tert-OH is 1. The topological polar surface area (TPSA) is 70.7 Å². The lowest BCUT2D eigenvalue weighted by molar-refractivity contribution is -1.02. The molecule has 0 amide bonds. The number of allylic oxidation sites excluding steroid dienone is 1. The van der Waals surface area contributed by atoms with Crippen LogP contribution >= 0.6 is 0 Å². The normalized spacial score (nSPS) is 20.3. The van der Waals surface area contributed by atoms with Crippen molar-refractivity contribution in [3.8, 4) is 6.07 Å². The highest BCUT2D eigenvalue weighted by Crippen LogP contribution is 2.21. The van der Waals surface area contributed by atoms with Crippen LogP contribution in [0.5, 0.6) is 0 Å². The van der Waals surface area contributed by atoms with Crippen molar-refractivity contribution in [1.29, 1.82) is 5.26 Å². The number of hydrogen-bond donors (Lipinski definition) is 3. The van der Waals surface area contributed by atoms with Gasteiger partial charge in [-0.2, -0.15) is 5.26 Å². The highest BCUT2D eigenvalue weighted by atomic mass is 16.3. The fourth-order valence-corrected chi connectivity index (χ4v) is 4.13. The van der Waals surface area contributed by atoms with Crippen molar-refractivity contribution in [2.75, 3.05) is 32.7 Å². The Morgan fingerprint density at radius 2 is 1.69 bits per heavy atom.